The summed E-state index contributed by atoms with van der Waals surface area (Å²) < 4.78 is 51.1. The second-order valence-electron chi connectivity index (χ2n) is 4.19. The van der Waals surface area contributed by atoms with Crippen molar-refractivity contribution in [3.8, 4) is 0 Å². The summed E-state index contributed by atoms with van der Waals surface area (Å²) in [6.45, 7) is 0.310. The van der Waals surface area contributed by atoms with Gasteiger partial charge in [0.05, 0.1) is 0 Å². The molecule has 0 aliphatic carbocycles. The summed E-state index contributed by atoms with van der Waals surface area (Å²) in [6, 6.07) is 6.88. The molecule has 0 aliphatic rings. The van der Waals surface area contributed by atoms with Crippen LogP contribution in [0.2, 0.25) is 0 Å². The molecular weight excluding hydrogens is 262 g/mol. The molecule has 1 aromatic carbocycles. The van der Waals surface area contributed by atoms with Crippen LogP contribution in [0.4, 0.5) is 17.6 Å². The molecule has 0 spiro atoms. The number of rotatable bonds is 3. The summed E-state index contributed by atoms with van der Waals surface area (Å²) >= 11 is 0. The summed E-state index contributed by atoms with van der Waals surface area (Å²) in [7, 11) is 0. The van der Waals surface area contributed by atoms with Crippen LogP contribution in [0.5, 0.6) is 0 Å². The standard InChI is InChI=1S/C13H11F4NO/c14-11-3-1-9(2-4-11)7-18-6-5-10(8-18)12(19)13(15,16)17/h1-6,8,12,19H,7H2. The molecule has 1 aromatic heterocycles. The Morgan fingerprint density at radius 1 is 1.11 bits per heavy atom. The van der Waals surface area contributed by atoms with Crippen LogP contribution < -0.4 is 0 Å². The minimum Gasteiger partial charge on any atom is -0.379 e. The number of hydrogen-bond donors (Lipinski definition) is 1. The van der Waals surface area contributed by atoms with Gasteiger partial charge in [-0.05, 0) is 23.8 Å². The molecule has 1 heterocycles. The van der Waals surface area contributed by atoms with Gasteiger partial charge in [0.1, 0.15) is 5.82 Å². The largest absolute Gasteiger partial charge is 0.418 e. The lowest BCUT2D eigenvalue weighted by Gasteiger charge is -2.12. The second kappa shape index (κ2) is 5.05. The zero-order chi connectivity index (χ0) is 14.0. The number of aliphatic hydroxyl groups excluding tert-OH is 1. The minimum absolute atomic E-state index is 0.213. The highest BCUT2D eigenvalue weighted by atomic mass is 19.4. The van der Waals surface area contributed by atoms with Crippen LogP contribution in [0.3, 0.4) is 0 Å². The van der Waals surface area contributed by atoms with Gasteiger partial charge in [0.25, 0.3) is 0 Å². The van der Waals surface area contributed by atoms with Crippen molar-refractivity contribution < 1.29 is 22.7 Å². The van der Waals surface area contributed by atoms with Crippen LogP contribution in [0.1, 0.15) is 17.2 Å². The molecule has 0 amide bonds. The van der Waals surface area contributed by atoms with E-state index in [1.807, 2.05) is 0 Å². The first-order valence-corrected chi connectivity index (χ1v) is 5.51. The van der Waals surface area contributed by atoms with Gasteiger partial charge in [0, 0.05) is 24.5 Å². The van der Waals surface area contributed by atoms with Crippen molar-refractivity contribution in [2.45, 2.75) is 18.8 Å². The molecular formula is C13H11F4NO. The first kappa shape index (κ1) is 13.6. The highest BCUT2D eigenvalue weighted by Crippen LogP contribution is 2.32. The first-order chi connectivity index (χ1) is 8.86. The molecule has 102 valence electrons. The average Bonchev–Trinajstić information content (AvgIpc) is 2.78. The predicted molar refractivity (Wildman–Crippen MR) is 60.9 cm³/mol. The topological polar surface area (TPSA) is 25.2 Å². The molecule has 0 saturated heterocycles. The van der Waals surface area contributed by atoms with Crippen LogP contribution in [0, 0.1) is 5.82 Å². The molecule has 0 bridgehead atoms. The highest BCUT2D eigenvalue weighted by molar-refractivity contribution is 5.20. The Morgan fingerprint density at radius 3 is 2.32 bits per heavy atom. The number of nitrogens with zero attached hydrogens (tertiary/aromatic N) is 1. The summed E-state index contributed by atoms with van der Waals surface area (Å²) in [5.74, 6) is -0.371. The normalized spacial score (nSPS) is 13.5. The molecule has 2 rings (SSSR count). The fourth-order valence-corrected chi connectivity index (χ4v) is 1.71. The van der Waals surface area contributed by atoms with E-state index in [0.29, 0.717) is 6.54 Å². The second-order valence-corrected chi connectivity index (χ2v) is 4.19. The average molecular weight is 273 g/mol. The van der Waals surface area contributed by atoms with Gasteiger partial charge in [0.2, 0.25) is 0 Å². The molecule has 1 N–H and O–H groups in total. The Hall–Kier alpha value is -1.82. The number of aliphatic hydroxyl groups is 1. The molecule has 19 heavy (non-hydrogen) atoms. The van der Waals surface area contributed by atoms with E-state index in [4.69, 9.17) is 5.11 Å². The molecule has 2 aromatic rings. The van der Waals surface area contributed by atoms with Crippen molar-refractivity contribution in [3.05, 3.63) is 59.7 Å². The maximum Gasteiger partial charge on any atom is 0.418 e. The van der Waals surface area contributed by atoms with E-state index in [1.54, 1.807) is 12.1 Å². The van der Waals surface area contributed by atoms with E-state index in [0.717, 1.165) is 5.56 Å². The summed E-state index contributed by atoms with van der Waals surface area (Å²) in [4.78, 5) is 0. The lowest BCUT2D eigenvalue weighted by atomic mass is 10.2. The van der Waals surface area contributed by atoms with Crippen molar-refractivity contribution in [1.82, 2.24) is 4.57 Å². The molecule has 2 nitrogen and oxygen atoms in total. The van der Waals surface area contributed by atoms with Crippen molar-refractivity contribution in [1.29, 1.82) is 0 Å². The van der Waals surface area contributed by atoms with Crippen LogP contribution >= 0.6 is 0 Å². The molecule has 0 radical (unpaired) electrons. The van der Waals surface area contributed by atoms with Gasteiger partial charge in [-0.3, -0.25) is 0 Å². The number of halogens is 4. The van der Waals surface area contributed by atoms with E-state index in [9.17, 15) is 17.6 Å². The zero-order valence-corrected chi connectivity index (χ0v) is 9.73. The molecule has 0 saturated carbocycles. The van der Waals surface area contributed by atoms with Crippen LogP contribution in [-0.2, 0) is 6.54 Å². The van der Waals surface area contributed by atoms with E-state index in [-0.39, 0.29) is 11.4 Å². The van der Waals surface area contributed by atoms with Gasteiger partial charge in [0.15, 0.2) is 6.10 Å². The number of alkyl halides is 3. The first-order valence-electron chi connectivity index (χ1n) is 5.51. The Morgan fingerprint density at radius 2 is 1.74 bits per heavy atom. The maximum atomic E-state index is 12.7. The number of aromatic nitrogens is 1. The highest BCUT2D eigenvalue weighted by Gasteiger charge is 2.39. The fraction of sp³-hybridized carbons (Fsp3) is 0.231. The molecule has 1 unspecified atom stereocenters. The van der Waals surface area contributed by atoms with Gasteiger partial charge in [-0.2, -0.15) is 13.2 Å². The van der Waals surface area contributed by atoms with Gasteiger partial charge >= 0.3 is 6.18 Å². The molecule has 0 fully saturated rings. The Labute approximate surface area is 106 Å². The molecule has 1 atom stereocenters. The quantitative estimate of drug-likeness (QED) is 0.853. The number of benzene rings is 1. The lowest BCUT2D eigenvalue weighted by molar-refractivity contribution is -0.206. The summed E-state index contributed by atoms with van der Waals surface area (Å²) in [5.41, 5.74) is 0.541. The third kappa shape index (κ3) is 3.35. The van der Waals surface area contributed by atoms with Crippen molar-refractivity contribution in [3.63, 3.8) is 0 Å². The third-order valence-corrected chi connectivity index (χ3v) is 2.68. The van der Waals surface area contributed by atoms with Crippen molar-refractivity contribution in [2.75, 3.05) is 0 Å². The van der Waals surface area contributed by atoms with E-state index in [2.05, 4.69) is 0 Å². The van der Waals surface area contributed by atoms with Crippen molar-refractivity contribution in [2.24, 2.45) is 0 Å². The van der Waals surface area contributed by atoms with Gasteiger partial charge in [-0.25, -0.2) is 4.39 Å². The van der Waals surface area contributed by atoms with Crippen molar-refractivity contribution >= 4 is 0 Å². The Bertz CT molecular complexity index is 545. The van der Waals surface area contributed by atoms with Crippen LogP contribution in [-0.4, -0.2) is 15.8 Å². The van der Waals surface area contributed by atoms with Crippen LogP contribution in [0.25, 0.3) is 0 Å². The SMILES string of the molecule is OC(c1ccn(Cc2ccc(F)cc2)c1)C(F)(F)F. The Kier molecular flexibility index (Phi) is 3.61. The number of hydrogen-bond acceptors (Lipinski definition) is 1. The van der Waals surface area contributed by atoms with E-state index < -0.39 is 12.3 Å². The third-order valence-electron chi connectivity index (χ3n) is 2.68. The van der Waals surface area contributed by atoms with E-state index in [1.165, 1.54) is 35.2 Å². The summed E-state index contributed by atoms with van der Waals surface area (Å²) in [6.07, 6.45) is -4.50. The maximum absolute atomic E-state index is 12.7. The van der Waals surface area contributed by atoms with Crippen LogP contribution in [0.15, 0.2) is 42.7 Å². The van der Waals surface area contributed by atoms with Gasteiger partial charge < -0.3 is 9.67 Å². The van der Waals surface area contributed by atoms with Gasteiger partial charge in [-0.15, -0.1) is 0 Å². The fourth-order valence-electron chi connectivity index (χ4n) is 1.71. The predicted octanol–water partition coefficient (Wildman–Crippen LogP) is 3.27. The van der Waals surface area contributed by atoms with Gasteiger partial charge in [-0.1, -0.05) is 12.1 Å². The Balaban J connectivity index is 2.11. The zero-order valence-electron chi connectivity index (χ0n) is 9.73. The smallest absolute Gasteiger partial charge is 0.379 e. The van der Waals surface area contributed by atoms with E-state index >= 15 is 0 Å². The molecule has 0 aliphatic heterocycles. The molecule has 6 heteroatoms. The summed E-state index contributed by atoms with van der Waals surface area (Å²) in [5, 5.41) is 9.08. The lowest BCUT2D eigenvalue weighted by Crippen LogP contribution is -2.19. The minimum atomic E-state index is -4.68. The monoisotopic (exact) mass is 273 g/mol.